The number of nitrogens with zero attached hydrogens (tertiary/aromatic N) is 1. The molecular formula is C12H12F2N2. The SMILES string of the molecule is CC1(CNc2c(F)cc(C#N)cc2F)CC1. The molecule has 0 radical (unpaired) electrons. The summed E-state index contributed by atoms with van der Waals surface area (Å²) in [7, 11) is 0. The Morgan fingerprint density at radius 3 is 2.38 bits per heavy atom. The molecule has 0 heterocycles. The van der Waals surface area contributed by atoms with Crippen LogP contribution in [0.2, 0.25) is 0 Å². The van der Waals surface area contributed by atoms with Crippen molar-refractivity contribution in [2.75, 3.05) is 11.9 Å². The number of hydrogen-bond acceptors (Lipinski definition) is 2. The average Bonchev–Trinajstić information content (AvgIpc) is 2.95. The zero-order valence-corrected chi connectivity index (χ0v) is 8.98. The van der Waals surface area contributed by atoms with Gasteiger partial charge in [-0.25, -0.2) is 8.78 Å². The molecule has 0 amide bonds. The third-order valence-electron chi connectivity index (χ3n) is 2.97. The average molecular weight is 222 g/mol. The summed E-state index contributed by atoms with van der Waals surface area (Å²) in [4.78, 5) is 0. The van der Waals surface area contributed by atoms with Gasteiger partial charge in [-0.2, -0.15) is 5.26 Å². The van der Waals surface area contributed by atoms with E-state index >= 15 is 0 Å². The summed E-state index contributed by atoms with van der Waals surface area (Å²) in [5.74, 6) is -1.42. The Morgan fingerprint density at radius 1 is 1.38 bits per heavy atom. The summed E-state index contributed by atoms with van der Waals surface area (Å²) in [6, 6.07) is 3.80. The summed E-state index contributed by atoms with van der Waals surface area (Å²) in [5, 5.41) is 11.3. The zero-order chi connectivity index (χ0) is 11.8. The van der Waals surface area contributed by atoms with Crippen molar-refractivity contribution in [2.45, 2.75) is 19.8 Å². The maximum absolute atomic E-state index is 13.4. The number of hydrogen-bond donors (Lipinski definition) is 1. The lowest BCUT2D eigenvalue weighted by molar-refractivity contribution is 0.570. The quantitative estimate of drug-likeness (QED) is 0.853. The van der Waals surface area contributed by atoms with E-state index in [0.717, 1.165) is 25.0 Å². The molecule has 0 saturated heterocycles. The Hall–Kier alpha value is -1.63. The van der Waals surface area contributed by atoms with Crippen LogP contribution in [0.5, 0.6) is 0 Å². The standard InChI is InChI=1S/C12H12F2N2/c1-12(2-3-12)7-16-11-9(13)4-8(6-15)5-10(11)14/h4-5,16H,2-3,7H2,1H3. The highest BCUT2D eigenvalue weighted by atomic mass is 19.1. The van der Waals surface area contributed by atoms with Crippen LogP contribution in [0, 0.1) is 28.4 Å². The number of rotatable bonds is 3. The Balaban J connectivity index is 2.17. The number of halogens is 2. The molecule has 1 fully saturated rings. The van der Waals surface area contributed by atoms with Crippen LogP contribution in [0.3, 0.4) is 0 Å². The summed E-state index contributed by atoms with van der Waals surface area (Å²) >= 11 is 0. The topological polar surface area (TPSA) is 35.8 Å². The molecule has 1 aromatic rings. The molecule has 0 atom stereocenters. The number of anilines is 1. The van der Waals surface area contributed by atoms with Crippen molar-refractivity contribution in [1.82, 2.24) is 0 Å². The van der Waals surface area contributed by atoms with Gasteiger partial charge in [0.05, 0.1) is 11.6 Å². The van der Waals surface area contributed by atoms with Crippen LogP contribution in [0.15, 0.2) is 12.1 Å². The molecule has 1 N–H and O–H groups in total. The first-order valence-electron chi connectivity index (χ1n) is 5.17. The van der Waals surface area contributed by atoms with Gasteiger partial charge in [0.25, 0.3) is 0 Å². The first kappa shape index (κ1) is 10.9. The van der Waals surface area contributed by atoms with Crippen LogP contribution in [0.25, 0.3) is 0 Å². The van der Waals surface area contributed by atoms with E-state index in [0.29, 0.717) is 6.54 Å². The van der Waals surface area contributed by atoms with E-state index in [1.54, 1.807) is 6.07 Å². The van der Waals surface area contributed by atoms with E-state index in [2.05, 4.69) is 12.2 Å². The Morgan fingerprint density at radius 2 is 1.94 bits per heavy atom. The fourth-order valence-electron chi connectivity index (χ4n) is 1.50. The number of benzene rings is 1. The molecule has 0 spiro atoms. The van der Waals surface area contributed by atoms with Crippen molar-refractivity contribution in [3.8, 4) is 6.07 Å². The van der Waals surface area contributed by atoms with Gasteiger partial charge in [0.1, 0.15) is 5.69 Å². The predicted octanol–water partition coefficient (Wildman–Crippen LogP) is 3.05. The van der Waals surface area contributed by atoms with Crippen LogP contribution < -0.4 is 5.32 Å². The van der Waals surface area contributed by atoms with Crippen molar-refractivity contribution in [3.05, 3.63) is 29.3 Å². The Kier molecular flexibility index (Phi) is 2.55. The van der Waals surface area contributed by atoms with Crippen molar-refractivity contribution in [3.63, 3.8) is 0 Å². The van der Waals surface area contributed by atoms with Crippen molar-refractivity contribution >= 4 is 5.69 Å². The maximum Gasteiger partial charge on any atom is 0.150 e. The summed E-state index contributed by atoms with van der Waals surface area (Å²) < 4.78 is 26.9. The summed E-state index contributed by atoms with van der Waals surface area (Å²) in [6.07, 6.45) is 2.17. The minimum absolute atomic E-state index is 0.00168. The van der Waals surface area contributed by atoms with Crippen molar-refractivity contribution in [1.29, 1.82) is 5.26 Å². The Labute approximate surface area is 92.9 Å². The molecule has 4 heteroatoms. The second-order valence-corrected chi connectivity index (χ2v) is 4.59. The van der Waals surface area contributed by atoms with Crippen molar-refractivity contribution < 1.29 is 8.78 Å². The fourth-order valence-corrected chi connectivity index (χ4v) is 1.50. The van der Waals surface area contributed by atoms with Crippen LogP contribution in [-0.2, 0) is 0 Å². The largest absolute Gasteiger partial charge is 0.380 e. The molecule has 2 rings (SSSR count). The highest BCUT2D eigenvalue weighted by molar-refractivity contribution is 5.50. The van der Waals surface area contributed by atoms with Gasteiger partial charge >= 0.3 is 0 Å². The lowest BCUT2D eigenvalue weighted by Crippen LogP contribution is -2.14. The van der Waals surface area contributed by atoms with Crippen molar-refractivity contribution in [2.24, 2.45) is 5.41 Å². The molecule has 1 aliphatic rings. The summed E-state index contributed by atoms with van der Waals surface area (Å²) in [6.45, 7) is 2.63. The first-order valence-corrected chi connectivity index (χ1v) is 5.17. The van der Waals surface area contributed by atoms with Gasteiger partial charge in [0.15, 0.2) is 11.6 Å². The molecule has 1 aliphatic carbocycles. The number of nitriles is 1. The second-order valence-electron chi connectivity index (χ2n) is 4.59. The third kappa shape index (κ3) is 2.13. The van der Waals surface area contributed by atoms with Crippen LogP contribution in [-0.4, -0.2) is 6.54 Å². The molecular weight excluding hydrogens is 210 g/mol. The van der Waals surface area contributed by atoms with Gasteiger partial charge in [0.2, 0.25) is 0 Å². The van der Waals surface area contributed by atoms with E-state index in [-0.39, 0.29) is 16.7 Å². The molecule has 2 nitrogen and oxygen atoms in total. The molecule has 0 bridgehead atoms. The fraction of sp³-hybridized carbons (Fsp3) is 0.417. The molecule has 1 aromatic carbocycles. The summed E-state index contributed by atoms with van der Waals surface area (Å²) in [5.41, 5.74) is 0.0394. The smallest absolute Gasteiger partial charge is 0.150 e. The minimum atomic E-state index is -0.708. The normalized spacial score (nSPS) is 16.6. The number of nitrogens with one attached hydrogen (secondary N) is 1. The molecule has 0 aliphatic heterocycles. The zero-order valence-electron chi connectivity index (χ0n) is 8.98. The van der Waals surface area contributed by atoms with E-state index in [1.807, 2.05) is 0 Å². The predicted molar refractivity (Wildman–Crippen MR) is 56.9 cm³/mol. The van der Waals surface area contributed by atoms with Gasteiger partial charge in [-0.15, -0.1) is 0 Å². The molecule has 0 unspecified atom stereocenters. The lowest BCUT2D eigenvalue weighted by Gasteiger charge is -2.12. The van der Waals surface area contributed by atoms with Crippen LogP contribution in [0.1, 0.15) is 25.3 Å². The molecule has 84 valence electrons. The third-order valence-corrected chi connectivity index (χ3v) is 2.97. The molecule has 0 aromatic heterocycles. The van der Waals surface area contributed by atoms with E-state index < -0.39 is 11.6 Å². The molecule has 1 saturated carbocycles. The second kappa shape index (κ2) is 3.75. The van der Waals surface area contributed by atoms with Crippen LogP contribution in [0.4, 0.5) is 14.5 Å². The van der Waals surface area contributed by atoms with Gasteiger partial charge in [-0.3, -0.25) is 0 Å². The highest BCUT2D eigenvalue weighted by Gasteiger charge is 2.37. The van der Waals surface area contributed by atoms with Gasteiger partial charge < -0.3 is 5.32 Å². The van der Waals surface area contributed by atoms with E-state index in [4.69, 9.17) is 5.26 Å². The maximum atomic E-state index is 13.4. The minimum Gasteiger partial charge on any atom is -0.380 e. The van der Waals surface area contributed by atoms with Crippen LogP contribution >= 0.6 is 0 Å². The first-order chi connectivity index (χ1) is 7.54. The van der Waals surface area contributed by atoms with Gasteiger partial charge in [-0.05, 0) is 30.4 Å². The lowest BCUT2D eigenvalue weighted by atomic mass is 10.1. The Bertz CT molecular complexity index is 436. The van der Waals surface area contributed by atoms with E-state index in [1.165, 1.54) is 0 Å². The van der Waals surface area contributed by atoms with Gasteiger partial charge in [-0.1, -0.05) is 6.92 Å². The van der Waals surface area contributed by atoms with Gasteiger partial charge in [0, 0.05) is 6.54 Å². The highest BCUT2D eigenvalue weighted by Crippen LogP contribution is 2.44. The monoisotopic (exact) mass is 222 g/mol. The molecule has 16 heavy (non-hydrogen) atoms. The van der Waals surface area contributed by atoms with E-state index in [9.17, 15) is 8.78 Å².